The number of ketones is 1. The molecule has 6 aromatic rings. The van der Waals surface area contributed by atoms with Crippen molar-refractivity contribution >= 4 is 43.2 Å². The first-order valence-electron chi connectivity index (χ1n) is 15.2. The Labute approximate surface area is 281 Å². The Bertz CT molecular complexity index is 2010. The van der Waals surface area contributed by atoms with Crippen LogP contribution < -0.4 is 0 Å². The number of carbonyl (C=O) groups excluding carboxylic acids is 1. The van der Waals surface area contributed by atoms with Crippen molar-refractivity contribution in [1.29, 1.82) is 0 Å². The molecule has 3 heteroatoms. The second kappa shape index (κ2) is 13.0. The second-order valence-electron chi connectivity index (χ2n) is 11.4. The van der Waals surface area contributed by atoms with Gasteiger partial charge in [0.15, 0.2) is 5.78 Å². The topological polar surface area (TPSA) is 17.1 Å². The van der Waals surface area contributed by atoms with Gasteiger partial charge in [0.2, 0.25) is 0 Å². The van der Waals surface area contributed by atoms with E-state index in [2.05, 4.69) is 159 Å². The smallest absolute Gasteiger partial charge is 0.156 e. The van der Waals surface area contributed by atoms with E-state index in [0.29, 0.717) is 6.42 Å². The number of halogens is 2. The van der Waals surface area contributed by atoms with Crippen LogP contribution in [-0.2, 0) is 4.79 Å². The van der Waals surface area contributed by atoms with Crippen molar-refractivity contribution in [2.75, 3.05) is 0 Å². The van der Waals surface area contributed by atoms with Crippen LogP contribution in [0.2, 0.25) is 0 Å². The van der Waals surface area contributed by atoms with Crippen molar-refractivity contribution in [1.82, 2.24) is 0 Å². The SMILES string of the molecule is O=C1C=C(c2ccccc2Br)CC(c2c(Br)c(-c3ccccc3)c(-c3ccccc3)c(-c3ccccc3)c2-c2ccccc2)C1. The first-order chi connectivity index (χ1) is 22.1. The minimum Gasteiger partial charge on any atom is -0.295 e. The molecule has 1 aliphatic rings. The Kier molecular flexibility index (Phi) is 8.47. The lowest BCUT2D eigenvalue weighted by molar-refractivity contribution is -0.115. The molecule has 7 rings (SSSR count). The third-order valence-electron chi connectivity index (χ3n) is 8.60. The molecule has 6 aromatic carbocycles. The summed E-state index contributed by atoms with van der Waals surface area (Å²) in [6.07, 6.45) is 3.04. The summed E-state index contributed by atoms with van der Waals surface area (Å²) in [5, 5.41) is 0. The average Bonchev–Trinajstić information content (AvgIpc) is 3.09. The van der Waals surface area contributed by atoms with Crippen molar-refractivity contribution in [2.24, 2.45) is 0 Å². The molecule has 1 atom stereocenters. The van der Waals surface area contributed by atoms with E-state index < -0.39 is 0 Å². The molecular weight excluding hydrogens is 680 g/mol. The number of hydrogen-bond donors (Lipinski definition) is 0. The largest absolute Gasteiger partial charge is 0.295 e. The average molecular weight is 711 g/mol. The molecule has 0 radical (unpaired) electrons. The van der Waals surface area contributed by atoms with Gasteiger partial charge in [-0.05, 0) is 96.1 Å². The fourth-order valence-corrected chi connectivity index (χ4v) is 8.18. The van der Waals surface area contributed by atoms with Gasteiger partial charge in [-0.2, -0.15) is 0 Å². The zero-order valence-electron chi connectivity index (χ0n) is 24.6. The fraction of sp³-hybridized carbons (Fsp3) is 0.0714. The predicted molar refractivity (Wildman–Crippen MR) is 195 cm³/mol. The van der Waals surface area contributed by atoms with Crippen molar-refractivity contribution in [3.05, 3.63) is 172 Å². The van der Waals surface area contributed by atoms with Crippen LogP contribution in [0.15, 0.2) is 161 Å². The van der Waals surface area contributed by atoms with Crippen molar-refractivity contribution in [3.8, 4) is 44.5 Å². The highest BCUT2D eigenvalue weighted by Crippen LogP contribution is 2.55. The molecule has 0 aromatic heterocycles. The molecule has 0 saturated carbocycles. The summed E-state index contributed by atoms with van der Waals surface area (Å²) in [6, 6.07) is 50.9. The molecule has 218 valence electrons. The normalized spacial score (nSPS) is 14.7. The van der Waals surface area contributed by atoms with E-state index in [1.165, 1.54) is 22.3 Å². The molecule has 0 spiro atoms. The van der Waals surface area contributed by atoms with E-state index in [0.717, 1.165) is 54.3 Å². The van der Waals surface area contributed by atoms with Gasteiger partial charge < -0.3 is 0 Å². The maximum absolute atomic E-state index is 13.6. The zero-order chi connectivity index (χ0) is 30.8. The third-order valence-corrected chi connectivity index (χ3v) is 10.1. The third kappa shape index (κ3) is 5.79. The van der Waals surface area contributed by atoms with Gasteiger partial charge in [0.1, 0.15) is 0 Å². The van der Waals surface area contributed by atoms with E-state index in [4.69, 9.17) is 0 Å². The summed E-state index contributed by atoms with van der Waals surface area (Å²) in [6.45, 7) is 0. The van der Waals surface area contributed by atoms with Crippen molar-refractivity contribution in [2.45, 2.75) is 18.8 Å². The van der Waals surface area contributed by atoms with Gasteiger partial charge in [-0.25, -0.2) is 0 Å². The molecule has 0 fully saturated rings. The molecule has 0 saturated heterocycles. The Morgan fingerprint density at radius 3 is 1.40 bits per heavy atom. The summed E-state index contributed by atoms with van der Waals surface area (Å²) < 4.78 is 2.04. The van der Waals surface area contributed by atoms with Crippen LogP contribution in [0.25, 0.3) is 50.1 Å². The van der Waals surface area contributed by atoms with E-state index in [1.807, 2.05) is 24.3 Å². The molecule has 1 unspecified atom stereocenters. The Morgan fingerprint density at radius 2 is 0.889 bits per heavy atom. The highest BCUT2D eigenvalue weighted by atomic mass is 79.9. The summed E-state index contributed by atoms with van der Waals surface area (Å²) in [5.41, 5.74) is 12.5. The summed E-state index contributed by atoms with van der Waals surface area (Å²) >= 11 is 7.98. The maximum Gasteiger partial charge on any atom is 0.156 e. The van der Waals surface area contributed by atoms with Gasteiger partial charge >= 0.3 is 0 Å². The fourth-order valence-electron chi connectivity index (χ4n) is 6.70. The minimum atomic E-state index is -0.0380. The van der Waals surface area contributed by atoms with Crippen LogP contribution in [0.3, 0.4) is 0 Å². The molecule has 0 bridgehead atoms. The Morgan fingerprint density at radius 1 is 0.467 bits per heavy atom. The Balaban J connectivity index is 1.61. The molecule has 0 heterocycles. The predicted octanol–water partition coefficient (Wildman–Crippen LogP) is 12.4. The first-order valence-corrected chi connectivity index (χ1v) is 16.8. The van der Waals surface area contributed by atoms with Gasteiger partial charge in [-0.15, -0.1) is 0 Å². The van der Waals surface area contributed by atoms with Gasteiger partial charge in [0, 0.05) is 20.9 Å². The Hall–Kier alpha value is -4.31. The van der Waals surface area contributed by atoms with Crippen molar-refractivity contribution in [3.63, 3.8) is 0 Å². The zero-order valence-corrected chi connectivity index (χ0v) is 27.8. The summed E-state index contributed by atoms with van der Waals surface area (Å²) in [4.78, 5) is 13.6. The molecule has 0 N–H and O–H groups in total. The van der Waals surface area contributed by atoms with Crippen molar-refractivity contribution < 1.29 is 4.79 Å². The first kappa shape index (κ1) is 29.4. The van der Waals surface area contributed by atoms with Gasteiger partial charge in [0.05, 0.1) is 0 Å². The van der Waals surface area contributed by atoms with E-state index in [1.54, 1.807) is 0 Å². The standard InChI is InChI=1S/C42H30Br2O/c43-36-24-14-13-23-35(36)32-25-33(27-34(45)26-32)41-39(30-19-9-3-10-20-30)37(28-15-5-1-6-16-28)38(29-17-7-2-8-18-29)40(42(41)44)31-21-11-4-12-22-31/h1-24,26,33H,25,27H2. The highest BCUT2D eigenvalue weighted by Gasteiger charge is 2.33. The van der Waals surface area contributed by atoms with Gasteiger partial charge in [-0.3, -0.25) is 4.79 Å². The van der Waals surface area contributed by atoms with E-state index in [9.17, 15) is 4.79 Å². The summed E-state index contributed by atoms with van der Waals surface area (Å²) in [7, 11) is 0. The minimum absolute atomic E-state index is 0.0380. The van der Waals surface area contributed by atoms with Crippen LogP contribution in [0.1, 0.15) is 29.9 Å². The summed E-state index contributed by atoms with van der Waals surface area (Å²) in [5.74, 6) is 0.113. The van der Waals surface area contributed by atoms with Crippen LogP contribution >= 0.6 is 31.9 Å². The maximum atomic E-state index is 13.6. The lowest BCUT2D eigenvalue weighted by Gasteiger charge is -2.31. The van der Waals surface area contributed by atoms with Gasteiger partial charge in [0.25, 0.3) is 0 Å². The number of rotatable bonds is 6. The number of allylic oxidation sites excluding steroid dienone is 2. The van der Waals surface area contributed by atoms with Crippen LogP contribution in [0.4, 0.5) is 0 Å². The molecule has 1 nitrogen and oxygen atoms in total. The van der Waals surface area contributed by atoms with Crippen LogP contribution in [0.5, 0.6) is 0 Å². The van der Waals surface area contributed by atoms with E-state index >= 15 is 0 Å². The molecule has 45 heavy (non-hydrogen) atoms. The van der Waals surface area contributed by atoms with E-state index in [-0.39, 0.29) is 11.7 Å². The lowest BCUT2D eigenvalue weighted by atomic mass is 9.73. The van der Waals surface area contributed by atoms with Crippen LogP contribution in [-0.4, -0.2) is 5.78 Å². The second-order valence-corrected chi connectivity index (χ2v) is 13.1. The quantitative estimate of drug-likeness (QED) is 0.168. The highest BCUT2D eigenvalue weighted by molar-refractivity contribution is 9.11. The molecule has 0 aliphatic heterocycles. The lowest BCUT2D eigenvalue weighted by Crippen LogP contribution is -2.15. The number of benzene rings is 6. The van der Waals surface area contributed by atoms with Crippen LogP contribution in [0, 0.1) is 0 Å². The molecular formula is C42H30Br2O. The number of carbonyl (C=O) groups is 1. The molecule has 0 amide bonds. The molecule has 1 aliphatic carbocycles. The monoisotopic (exact) mass is 708 g/mol. The van der Waals surface area contributed by atoms with Gasteiger partial charge in [-0.1, -0.05) is 155 Å². The number of hydrogen-bond acceptors (Lipinski definition) is 1.